The van der Waals surface area contributed by atoms with Gasteiger partial charge in [0.25, 0.3) is 0 Å². The van der Waals surface area contributed by atoms with Gasteiger partial charge >= 0.3 is 0 Å². The van der Waals surface area contributed by atoms with Gasteiger partial charge < -0.3 is 10.1 Å². The van der Waals surface area contributed by atoms with Crippen molar-refractivity contribution >= 4 is 21.6 Å². The van der Waals surface area contributed by atoms with Gasteiger partial charge in [-0.3, -0.25) is 9.10 Å². The molecule has 6 nitrogen and oxygen atoms in total. The summed E-state index contributed by atoms with van der Waals surface area (Å²) in [6.07, 6.45) is 1.73. The highest BCUT2D eigenvalue weighted by molar-refractivity contribution is 7.92. The van der Waals surface area contributed by atoms with Crippen LogP contribution in [0.4, 0.5) is 5.69 Å². The summed E-state index contributed by atoms with van der Waals surface area (Å²) in [6.45, 7) is 9.37. The van der Waals surface area contributed by atoms with Crippen LogP contribution in [0.3, 0.4) is 0 Å². The van der Waals surface area contributed by atoms with Crippen LogP contribution < -0.4 is 14.4 Å². The second-order valence-electron chi connectivity index (χ2n) is 8.74. The molecule has 0 fully saturated rings. The lowest BCUT2D eigenvalue weighted by molar-refractivity contribution is -0.120. The largest absolute Gasteiger partial charge is 0.487 e. The third-order valence-electron chi connectivity index (χ3n) is 5.28. The molecule has 1 N–H and O–H groups in total. The number of anilines is 1. The van der Waals surface area contributed by atoms with Crippen LogP contribution in [-0.2, 0) is 14.8 Å². The van der Waals surface area contributed by atoms with Gasteiger partial charge in [-0.1, -0.05) is 35.9 Å². The molecule has 1 heterocycles. The fourth-order valence-corrected chi connectivity index (χ4v) is 5.20. The second-order valence-corrected chi connectivity index (χ2v) is 10.6. The summed E-state index contributed by atoms with van der Waals surface area (Å²) in [4.78, 5) is 13.0. The monoisotopic (exact) mass is 430 g/mol. The molecule has 2 aromatic rings. The first-order valence-electron chi connectivity index (χ1n) is 10.0. The van der Waals surface area contributed by atoms with Crippen molar-refractivity contribution in [3.05, 3.63) is 58.7 Å². The zero-order valence-electron chi connectivity index (χ0n) is 18.4. The second kappa shape index (κ2) is 7.95. The molecule has 1 aliphatic heterocycles. The van der Waals surface area contributed by atoms with Crippen molar-refractivity contribution in [3.63, 3.8) is 0 Å². The van der Waals surface area contributed by atoms with Crippen molar-refractivity contribution in [2.24, 2.45) is 0 Å². The van der Waals surface area contributed by atoms with Crippen LogP contribution in [-0.4, -0.2) is 32.7 Å². The Hall–Kier alpha value is -2.54. The number of ether oxygens (including phenoxy) is 1. The van der Waals surface area contributed by atoms with E-state index >= 15 is 0 Å². The van der Waals surface area contributed by atoms with E-state index in [2.05, 4.69) is 5.32 Å². The molecule has 0 unspecified atom stereocenters. The number of hydrogen-bond donors (Lipinski definition) is 1. The quantitative estimate of drug-likeness (QED) is 0.783. The standard InChI is InChI=1S/C23H30N2O4S/c1-15-11-16(2)22(17(3)12-15)25(30(6,27)28)14-21(26)24-19-13-23(4,5)29-20-10-8-7-9-18(19)20/h7-12,19H,13-14H2,1-6H3,(H,24,26)/t19-/m0/s1. The molecule has 7 heteroatoms. The van der Waals surface area contributed by atoms with Gasteiger partial charge in [-0.15, -0.1) is 0 Å². The molecule has 0 saturated carbocycles. The number of rotatable bonds is 5. The first-order valence-corrected chi connectivity index (χ1v) is 11.8. The Bertz CT molecular complexity index is 1050. The minimum absolute atomic E-state index is 0.251. The maximum absolute atomic E-state index is 13.0. The minimum Gasteiger partial charge on any atom is -0.487 e. The number of fused-ring (bicyclic) bond motifs is 1. The molecule has 1 amide bonds. The summed E-state index contributed by atoms with van der Waals surface area (Å²) >= 11 is 0. The maximum atomic E-state index is 13.0. The van der Waals surface area contributed by atoms with Crippen molar-refractivity contribution in [1.82, 2.24) is 5.32 Å². The van der Waals surface area contributed by atoms with Crippen LogP contribution in [0.5, 0.6) is 5.75 Å². The predicted molar refractivity (Wildman–Crippen MR) is 119 cm³/mol. The minimum atomic E-state index is -3.65. The number of carbonyl (C=O) groups is 1. The molecule has 0 bridgehead atoms. The summed E-state index contributed by atoms with van der Waals surface area (Å²) in [6, 6.07) is 11.2. The van der Waals surface area contributed by atoms with Crippen molar-refractivity contribution in [3.8, 4) is 5.75 Å². The van der Waals surface area contributed by atoms with E-state index in [0.717, 1.165) is 34.3 Å². The van der Waals surface area contributed by atoms with Crippen LogP contribution in [0, 0.1) is 20.8 Å². The Balaban J connectivity index is 1.88. The normalized spacial score (nSPS) is 17.6. The lowest BCUT2D eigenvalue weighted by Gasteiger charge is -2.38. The number of amides is 1. The van der Waals surface area contributed by atoms with E-state index in [4.69, 9.17) is 4.74 Å². The van der Waals surface area contributed by atoms with E-state index in [1.54, 1.807) is 0 Å². The Kier molecular flexibility index (Phi) is 5.87. The molecule has 3 rings (SSSR count). The van der Waals surface area contributed by atoms with Gasteiger partial charge in [0, 0.05) is 12.0 Å². The zero-order valence-corrected chi connectivity index (χ0v) is 19.3. The number of nitrogens with zero attached hydrogens (tertiary/aromatic N) is 1. The van der Waals surface area contributed by atoms with Crippen LogP contribution in [0.1, 0.15) is 48.6 Å². The molecule has 0 aliphatic carbocycles. The molecule has 1 atom stereocenters. The molecular weight excluding hydrogens is 400 g/mol. The summed E-state index contributed by atoms with van der Waals surface area (Å²) < 4.78 is 32.4. The van der Waals surface area contributed by atoms with Gasteiger partial charge in [0.1, 0.15) is 17.9 Å². The van der Waals surface area contributed by atoms with E-state index in [0.29, 0.717) is 12.1 Å². The summed E-state index contributed by atoms with van der Waals surface area (Å²) in [5.74, 6) is 0.390. The molecule has 0 saturated heterocycles. The Morgan fingerprint density at radius 1 is 1.17 bits per heavy atom. The fraction of sp³-hybridized carbons (Fsp3) is 0.435. The van der Waals surface area contributed by atoms with Gasteiger partial charge in [-0.25, -0.2) is 8.42 Å². The molecule has 2 aromatic carbocycles. The molecule has 0 aromatic heterocycles. The number of aryl methyl sites for hydroxylation is 3. The highest BCUT2D eigenvalue weighted by atomic mass is 32.2. The topological polar surface area (TPSA) is 75.7 Å². The van der Waals surface area contributed by atoms with E-state index in [-0.39, 0.29) is 18.5 Å². The highest BCUT2D eigenvalue weighted by Crippen LogP contribution is 2.39. The van der Waals surface area contributed by atoms with Crippen molar-refractivity contribution < 1.29 is 17.9 Å². The van der Waals surface area contributed by atoms with Crippen LogP contribution in [0.15, 0.2) is 36.4 Å². The zero-order chi connectivity index (χ0) is 22.3. The average molecular weight is 431 g/mol. The highest BCUT2D eigenvalue weighted by Gasteiger charge is 2.35. The van der Waals surface area contributed by atoms with Gasteiger partial charge in [0.2, 0.25) is 15.9 Å². The number of nitrogens with one attached hydrogen (secondary N) is 1. The number of benzene rings is 2. The first-order chi connectivity index (χ1) is 13.9. The summed E-state index contributed by atoms with van der Waals surface area (Å²) in [5, 5.41) is 3.03. The number of hydrogen-bond acceptors (Lipinski definition) is 4. The van der Waals surface area contributed by atoms with Gasteiger partial charge in [-0.2, -0.15) is 0 Å². The van der Waals surface area contributed by atoms with E-state index < -0.39 is 15.6 Å². The van der Waals surface area contributed by atoms with Gasteiger partial charge in [-0.05, 0) is 51.8 Å². The average Bonchev–Trinajstić information content (AvgIpc) is 2.58. The predicted octanol–water partition coefficient (Wildman–Crippen LogP) is 3.80. The molecule has 1 aliphatic rings. The number of para-hydroxylation sites is 1. The molecule has 0 spiro atoms. The molecule has 30 heavy (non-hydrogen) atoms. The third-order valence-corrected chi connectivity index (χ3v) is 6.40. The fourth-order valence-electron chi connectivity index (χ4n) is 4.23. The van der Waals surface area contributed by atoms with Gasteiger partial charge in [0.15, 0.2) is 0 Å². The third kappa shape index (κ3) is 4.78. The number of sulfonamides is 1. The Morgan fingerprint density at radius 2 is 1.77 bits per heavy atom. The molecule has 0 radical (unpaired) electrons. The SMILES string of the molecule is Cc1cc(C)c(N(CC(=O)N[C@H]2CC(C)(C)Oc3ccccc32)S(C)(=O)=O)c(C)c1. The lowest BCUT2D eigenvalue weighted by atomic mass is 9.89. The van der Waals surface area contributed by atoms with Crippen molar-refractivity contribution in [2.45, 2.75) is 52.7 Å². The Labute approximate surface area is 179 Å². The van der Waals surface area contributed by atoms with Crippen molar-refractivity contribution in [2.75, 3.05) is 17.1 Å². The lowest BCUT2D eigenvalue weighted by Crippen LogP contribution is -2.45. The van der Waals surface area contributed by atoms with E-state index in [9.17, 15) is 13.2 Å². The summed E-state index contributed by atoms with van der Waals surface area (Å²) in [5.41, 5.74) is 3.72. The Morgan fingerprint density at radius 3 is 2.37 bits per heavy atom. The van der Waals surface area contributed by atoms with E-state index in [1.807, 2.05) is 71.0 Å². The van der Waals surface area contributed by atoms with Crippen LogP contribution >= 0.6 is 0 Å². The maximum Gasteiger partial charge on any atom is 0.241 e. The molecule has 162 valence electrons. The van der Waals surface area contributed by atoms with Crippen LogP contribution in [0.2, 0.25) is 0 Å². The van der Waals surface area contributed by atoms with Crippen molar-refractivity contribution in [1.29, 1.82) is 0 Å². The first kappa shape index (κ1) is 22.2. The smallest absolute Gasteiger partial charge is 0.241 e. The van der Waals surface area contributed by atoms with E-state index in [1.165, 1.54) is 4.31 Å². The van der Waals surface area contributed by atoms with Crippen LogP contribution in [0.25, 0.3) is 0 Å². The number of carbonyl (C=O) groups excluding carboxylic acids is 1. The molecular formula is C23H30N2O4S. The summed E-state index contributed by atoms with van der Waals surface area (Å²) in [7, 11) is -3.65. The van der Waals surface area contributed by atoms with Gasteiger partial charge in [0.05, 0.1) is 18.0 Å².